The predicted octanol–water partition coefficient (Wildman–Crippen LogP) is 3.59. The summed E-state index contributed by atoms with van der Waals surface area (Å²) in [6.45, 7) is 17.3. The van der Waals surface area contributed by atoms with Crippen LogP contribution in [0, 0.1) is 0 Å². The van der Waals surface area contributed by atoms with Gasteiger partial charge in [0.1, 0.15) is 0 Å². The lowest BCUT2D eigenvalue weighted by Crippen LogP contribution is -2.31. The summed E-state index contributed by atoms with van der Waals surface area (Å²) < 4.78 is 0. The first-order chi connectivity index (χ1) is 4.65. The SMILES string of the molecule is C[SiH](C)C(C)(C)C[Si](C)(C)C. The second-order valence-electron chi connectivity index (χ2n) is 5.88. The van der Waals surface area contributed by atoms with Gasteiger partial charge in [-0.3, -0.25) is 0 Å². The van der Waals surface area contributed by atoms with Crippen LogP contribution < -0.4 is 0 Å². The number of hydrogen-bond acceptors (Lipinski definition) is 0. The van der Waals surface area contributed by atoms with Crippen molar-refractivity contribution >= 4 is 16.9 Å². The Hall–Kier alpha value is 0.434. The summed E-state index contributed by atoms with van der Waals surface area (Å²) in [5.41, 5.74) is 0. The van der Waals surface area contributed by atoms with Gasteiger partial charge in [0.05, 0.1) is 0 Å². The van der Waals surface area contributed by atoms with Crippen molar-refractivity contribution in [1.29, 1.82) is 0 Å². The van der Waals surface area contributed by atoms with Crippen LogP contribution >= 0.6 is 0 Å². The summed E-state index contributed by atoms with van der Waals surface area (Å²) >= 11 is 0. The number of hydrogen-bond donors (Lipinski definition) is 0. The molecule has 0 fully saturated rings. The molecule has 68 valence electrons. The molecule has 0 amide bonds. The summed E-state index contributed by atoms with van der Waals surface area (Å²) in [5, 5.41) is 0.685. The zero-order chi connectivity index (χ0) is 9.28. The predicted molar refractivity (Wildman–Crippen MR) is 61.1 cm³/mol. The van der Waals surface area contributed by atoms with Crippen molar-refractivity contribution < 1.29 is 0 Å². The van der Waals surface area contributed by atoms with E-state index >= 15 is 0 Å². The molecule has 0 N–H and O–H groups in total. The van der Waals surface area contributed by atoms with Crippen LogP contribution in [0.3, 0.4) is 0 Å². The van der Waals surface area contributed by atoms with Gasteiger partial charge in [0, 0.05) is 16.9 Å². The normalized spacial score (nSPS) is 14.2. The van der Waals surface area contributed by atoms with E-state index in [0.29, 0.717) is 5.04 Å². The summed E-state index contributed by atoms with van der Waals surface area (Å²) in [4.78, 5) is 0. The first-order valence-electron chi connectivity index (χ1n) is 4.65. The Morgan fingerprint density at radius 3 is 1.55 bits per heavy atom. The maximum atomic E-state index is 2.48. The molecular weight excluding hydrogens is 164 g/mol. The monoisotopic (exact) mass is 188 g/mol. The van der Waals surface area contributed by atoms with E-state index in [4.69, 9.17) is 0 Å². The molecule has 0 aliphatic heterocycles. The van der Waals surface area contributed by atoms with E-state index in [1.165, 1.54) is 6.04 Å². The molecular formula is C9H24Si2. The van der Waals surface area contributed by atoms with Gasteiger partial charge < -0.3 is 0 Å². The summed E-state index contributed by atoms with van der Waals surface area (Å²) in [6, 6.07) is 1.50. The summed E-state index contributed by atoms with van der Waals surface area (Å²) in [6.07, 6.45) is 0. The van der Waals surface area contributed by atoms with Gasteiger partial charge in [-0.05, 0) is 5.04 Å². The van der Waals surface area contributed by atoms with Crippen molar-refractivity contribution in [2.75, 3.05) is 0 Å². The van der Waals surface area contributed by atoms with Gasteiger partial charge in [0.2, 0.25) is 0 Å². The molecule has 11 heavy (non-hydrogen) atoms. The minimum atomic E-state index is -0.821. The topological polar surface area (TPSA) is 0 Å². The van der Waals surface area contributed by atoms with E-state index in [2.05, 4.69) is 46.6 Å². The second kappa shape index (κ2) is 3.44. The molecule has 0 rings (SSSR count). The quantitative estimate of drug-likeness (QED) is 0.594. The standard InChI is InChI=1S/C9H24Si2/c1-9(2,10(3)4)8-11(5,6)7/h10H,8H2,1-7H3. The molecule has 0 nitrogen and oxygen atoms in total. The van der Waals surface area contributed by atoms with Crippen LogP contribution in [-0.4, -0.2) is 16.9 Å². The minimum absolute atomic E-state index is 0.445. The zero-order valence-corrected chi connectivity index (χ0v) is 11.4. The molecule has 2 heteroatoms. The molecule has 0 radical (unpaired) electrons. The Labute approximate surface area is 75.0 Å². The van der Waals surface area contributed by atoms with E-state index in [-0.39, 0.29) is 0 Å². The lowest BCUT2D eigenvalue weighted by atomic mass is 10.2. The van der Waals surface area contributed by atoms with Crippen molar-refractivity contribution in [2.24, 2.45) is 0 Å². The van der Waals surface area contributed by atoms with Crippen LogP contribution in [0.4, 0.5) is 0 Å². The molecule has 0 spiro atoms. The Morgan fingerprint density at radius 1 is 1.09 bits per heavy atom. The average Bonchev–Trinajstić information content (AvgIpc) is 1.56. The van der Waals surface area contributed by atoms with Crippen LogP contribution in [0.1, 0.15) is 13.8 Å². The van der Waals surface area contributed by atoms with Gasteiger partial charge in [0.25, 0.3) is 0 Å². The van der Waals surface area contributed by atoms with Crippen molar-refractivity contribution in [3.05, 3.63) is 0 Å². The first kappa shape index (κ1) is 11.4. The Balaban J connectivity index is 4.13. The minimum Gasteiger partial charge on any atom is -0.0718 e. The molecule has 0 bridgehead atoms. The van der Waals surface area contributed by atoms with E-state index in [1.807, 2.05) is 0 Å². The molecule has 0 atom stereocenters. The fourth-order valence-electron chi connectivity index (χ4n) is 1.57. The highest BCUT2D eigenvalue weighted by Gasteiger charge is 2.29. The van der Waals surface area contributed by atoms with E-state index in [0.717, 1.165) is 0 Å². The summed E-state index contributed by atoms with van der Waals surface area (Å²) in [5.74, 6) is 0. The van der Waals surface area contributed by atoms with Gasteiger partial charge in [-0.2, -0.15) is 0 Å². The first-order valence-corrected chi connectivity index (χ1v) is 11.2. The molecule has 0 saturated carbocycles. The van der Waals surface area contributed by atoms with Crippen LogP contribution in [-0.2, 0) is 0 Å². The van der Waals surface area contributed by atoms with E-state index in [9.17, 15) is 0 Å². The Kier molecular flexibility index (Phi) is 3.57. The fraction of sp³-hybridized carbons (Fsp3) is 1.00. The maximum absolute atomic E-state index is 2.48. The maximum Gasteiger partial charge on any atom is 0.0445 e. The highest BCUT2D eigenvalue weighted by Crippen LogP contribution is 2.37. The molecule has 0 aromatic rings. The van der Waals surface area contributed by atoms with Gasteiger partial charge in [-0.25, -0.2) is 0 Å². The molecule has 0 heterocycles. The van der Waals surface area contributed by atoms with Crippen molar-refractivity contribution in [1.82, 2.24) is 0 Å². The van der Waals surface area contributed by atoms with E-state index in [1.54, 1.807) is 0 Å². The Morgan fingerprint density at radius 2 is 1.45 bits per heavy atom. The van der Waals surface area contributed by atoms with Crippen LogP contribution in [0.5, 0.6) is 0 Å². The third kappa shape index (κ3) is 4.80. The Bertz CT molecular complexity index is 120. The van der Waals surface area contributed by atoms with E-state index < -0.39 is 16.9 Å². The average molecular weight is 188 g/mol. The van der Waals surface area contributed by atoms with Crippen molar-refractivity contribution in [3.8, 4) is 0 Å². The van der Waals surface area contributed by atoms with Crippen LogP contribution in [0.25, 0.3) is 0 Å². The third-order valence-electron chi connectivity index (χ3n) is 2.55. The largest absolute Gasteiger partial charge is 0.0718 e. The molecule has 0 aromatic carbocycles. The van der Waals surface area contributed by atoms with Gasteiger partial charge in [0.15, 0.2) is 0 Å². The second-order valence-corrected chi connectivity index (χ2v) is 15.2. The molecule has 0 aliphatic carbocycles. The molecule has 0 saturated heterocycles. The summed E-state index contributed by atoms with van der Waals surface area (Å²) in [7, 11) is -1.27. The highest BCUT2D eigenvalue weighted by atomic mass is 28.3. The molecule has 0 unspecified atom stereocenters. The van der Waals surface area contributed by atoms with Crippen molar-refractivity contribution in [2.45, 2.75) is 57.7 Å². The lowest BCUT2D eigenvalue weighted by Gasteiger charge is -2.34. The third-order valence-corrected chi connectivity index (χ3v) is 8.26. The van der Waals surface area contributed by atoms with Gasteiger partial charge >= 0.3 is 0 Å². The van der Waals surface area contributed by atoms with Gasteiger partial charge in [-0.15, -0.1) is 0 Å². The zero-order valence-electron chi connectivity index (χ0n) is 9.28. The number of rotatable bonds is 3. The fourth-order valence-corrected chi connectivity index (χ4v) is 7.77. The lowest BCUT2D eigenvalue weighted by molar-refractivity contribution is 0.726. The van der Waals surface area contributed by atoms with Crippen molar-refractivity contribution in [3.63, 3.8) is 0 Å². The van der Waals surface area contributed by atoms with Crippen LogP contribution in [0.2, 0.25) is 43.8 Å². The van der Waals surface area contributed by atoms with Crippen LogP contribution in [0.15, 0.2) is 0 Å². The highest BCUT2D eigenvalue weighted by molar-refractivity contribution is 6.78. The van der Waals surface area contributed by atoms with Gasteiger partial charge in [-0.1, -0.05) is 52.6 Å². The smallest absolute Gasteiger partial charge is 0.0445 e. The molecule has 0 aromatic heterocycles. The molecule has 0 aliphatic rings.